The smallest absolute Gasteiger partial charge is 0.119 e. The van der Waals surface area contributed by atoms with Crippen LogP contribution in [-0.2, 0) is 0 Å². The van der Waals surface area contributed by atoms with E-state index in [0.717, 1.165) is 37.1 Å². The van der Waals surface area contributed by atoms with Gasteiger partial charge in [-0.25, -0.2) is 0 Å². The van der Waals surface area contributed by atoms with Gasteiger partial charge in [0.25, 0.3) is 0 Å². The van der Waals surface area contributed by atoms with Crippen LogP contribution in [-0.4, -0.2) is 31.1 Å². The molecule has 112 valence electrons. The zero-order chi connectivity index (χ0) is 14.2. The fourth-order valence-electron chi connectivity index (χ4n) is 2.95. The molecule has 1 aliphatic rings. The summed E-state index contributed by atoms with van der Waals surface area (Å²) in [4.78, 5) is 2.53. The van der Waals surface area contributed by atoms with Gasteiger partial charge < -0.3 is 15.4 Å². The van der Waals surface area contributed by atoms with E-state index >= 15 is 0 Å². The Balaban J connectivity index is 1.63. The topological polar surface area (TPSA) is 38.5 Å². The number of nitrogens with zero attached hydrogens (tertiary/aromatic N) is 1. The second kappa shape index (κ2) is 8.15. The first kappa shape index (κ1) is 15.2. The number of hydrogen-bond donors (Lipinski definition) is 1. The summed E-state index contributed by atoms with van der Waals surface area (Å²) in [6.07, 6.45) is 9.46. The van der Waals surface area contributed by atoms with E-state index in [1.165, 1.54) is 38.5 Å². The monoisotopic (exact) mass is 276 g/mol. The third-order valence-electron chi connectivity index (χ3n) is 4.25. The summed E-state index contributed by atoms with van der Waals surface area (Å²) in [7, 11) is 2.26. The van der Waals surface area contributed by atoms with E-state index in [-0.39, 0.29) is 0 Å². The van der Waals surface area contributed by atoms with Crippen LogP contribution in [0.2, 0.25) is 0 Å². The third kappa shape index (κ3) is 5.04. The Morgan fingerprint density at radius 2 is 1.75 bits per heavy atom. The van der Waals surface area contributed by atoms with Gasteiger partial charge in [-0.05, 0) is 50.6 Å². The summed E-state index contributed by atoms with van der Waals surface area (Å²) in [5, 5.41) is 0. The lowest BCUT2D eigenvalue weighted by Crippen LogP contribution is -2.32. The Bertz CT molecular complexity index is 369. The fraction of sp³-hybridized carbons (Fsp3) is 0.647. The molecule has 3 heteroatoms. The first-order chi connectivity index (χ1) is 9.75. The maximum atomic E-state index is 5.74. The molecular formula is C17H28N2O. The maximum absolute atomic E-state index is 5.74. The lowest BCUT2D eigenvalue weighted by atomic mass is 10.1. The highest BCUT2D eigenvalue weighted by Gasteiger charge is 2.16. The lowest BCUT2D eigenvalue weighted by molar-refractivity contribution is 0.199. The average molecular weight is 276 g/mol. The van der Waals surface area contributed by atoms with Gasteiger partial charge in [0.2, 0.25) is 0 Å². The zero-order valence-electron chi connectivity index (χ0n) is 12.7. The molecule has 0 heterocycles. The van der Waals surface area contributed by atoms with Crippen LogP contribution in [0.3, 0.4) is 0 Å². The van der Waals surface area contributed by atoms with E-state index in [1.807, 2.05) is 24.3 Å². The van der Waals surface area contributed by atoms with Gasteiger partial charge in [-0.2, -0.15) is 0 Å². The summed E-state index contributed by atoms with van der Waals surface area (Å²) in [5.74, 6) is 0.913. The van der Waals surface area contributed by atoms with Gasteiger partial charge in [-0.15, -0.1) is 0 Å². The second-order valence-corrected chi connectivity index (χ2v) is 5.90. The van der Waals surface area contributed by atoms with E-state index in [1.54, 1.807) is 0 Å². The minimum absolute atomic E-state index is 0.779. The quantitative estimate of drug-likeness (QED) is 0.489. The molecule has 1 aromatic carbocycles. The molecule has 1 aromatic rings. The fourth-order valence-corrected chi connectivity index (χ4v) is 2.95. The van der Waals surface area contributed by atoms with Crippen LogP contribution in [0.25, 0.3) is 0 Å². The van der Waals surface area contributed by atoms with Crippen LogP contribution in [0.4, 0.5) is 5.69 Å². The summed E-state index contributed by atoms with van der Waals surface area (Å²) in [5.41, 5.74) is 6.44. The third-order valence-corrected chi connectivity index (χ3v) is 4.25. The Morgan fingerprint density at radius 3 is 2.40 bits per heavy atom. The van der Waals surface area contributed by atoms with Crippen LogP contribution in [0.5, 0.6) is 5.75 Å². The van der Waals surface area contributed by atoms with Gasteiger partial charge in [0.05, 0.1) is 6.61 Å². The van der Waals surface area contributed by atoms with E-state index < -0.39 is 0 Å². The van der Waals surface area contributed by atoms with Gasteiger partial charge >= 0.3 is 0 Å². The number of rotatable bonds is 6. The van der Waals surface area contributed by atoms with Crippen LogP contribution in [0.15, 0.2) is 24.3 Å². The van der Waals surface area contributed by atoms with Crippen molar-refractivity contribution < 1.29 is 4.74 Å². The molecular weight excluding hydrogens is 248 g/mol. The van der Waals surface area contributed by atoms with Crippen molar-refractivity contribution in [1.82, 2.24) is 4.90 Å². The van der Waals surface area contributed by atoms with Gasteiger partial charge in [-0.3, -0.25) is 0 Å². The molecule has 1 aliphatic carbocycles. The zero-order valence-corrected chi connectivity index (χ0v) is 12.7. The number of nitrogens with two attached hydrogens (primary N) is 1. The molecule has 0 unspecified atom stereocenters. The molecule has 0 saturated heterocycles. The van der Waals surface area contributed by atoms with E-state index in [4.69, 9.17) is 10.5 Å². The van der Waals surface area contributed by atoms with E-state index in [0.29, 0.717) is 0 Å². The number of nitrogen functional groups attached to an aromatic ring is 1. The summed E-state index contributed by atoms with van der Waals surface area (Å²) < 4.78 is 5.74. The summed E-state index contributed by atoms with van der Waals surface area (Å²) >= 11 is 0. The van der Waals surface area contributed by atoms with Crippen molar-refractivity contribution in [2.75, 3.05) is 25.9 Å². The molecule has 0 aromatic heterocycles. The molecule has 0 atom stereocenters. The Hall–Kier alpha value is -1.22. The number of ether oxygens (including phenoxy) is 1. The second-order valence-electron chi connectivity index (χ2n) is 5.90. The molecule has 2 rings (SSSR count). The van der Waals surface area contributed by atoms with Gasteiger partial charge in [0.15, 0.2) is 0 Å². The van der Waals surface area contributed by atoms with Crippen LogP contribution in [0.1, 0.15) is 44.9 Å². The van der Waals surface area contributed by atoms with Crippen molar-refractivity contribution in [2.45, 2.75) is 51.0 Å². The standard InChI is InChI=1S/C17H28N2O/c1-19(16-7-4-2-3-5-8-16)13-6-14-20-17-11-9-15(18)10-12-17/h9-12,16H,2-8,13-14,18H2,1H3. The van der Waals surface area contributed by atoms with Crippen LogP contribution >= 0.6 is 0 Å². The molecule has 2 N–H and O–H groups in total. The number of hydrogen-bond acceptors (Lipinski definition) is 3. The predicted molar refractivity (Wildman–Crippen MR) is 85.1 cm³/mol. The summed E-state index contributed by atoms with van der Waals surface area (Å²) in [6.45, 7) is 1.90. The highest BCUT2D eigenvalue weighted by molar-refractivity contribution is 5.41. The molecule has 1 fully saturated rings. The predicted octanol–water partition coefficient (Wildman–Crippen LogP) is 3.69. The molecule has 0 spiro atoms. The van der Waals surface area contributed by atoms with Gasteiger partial charge in [0, 0.05) is 18.3 Å². The Kier molecular flexibility index (Phi) is 6.19. The van der Waals surface area contributed by atoms with Crippen molar-refractivity contribution in [3.05, 3.63) is 24.3 Å². The van der Waals surface area contributed by atoms with Crippen molar-refractivity contribution in [1.29, 1.82) is 0 Å². The van der Waals surface area contributed by atoms with Crippen LogP contribution < -0.4 is 10.5 Å². The molecule has 0 aliphatic heterocycles. The SMILES string of the molecule is CN(CCCOc1ccc(N)cc1)C1CCCCCC1. The Labute approximate surface area is 123 Å². The summed E-state index contributed by atoms with van der Waals surface area (Å²) in [6, 6.07) is 8.42. The highest BCUT2D eigenvalue weighted by Crippen LogP contribution is 2.21. The molecule has 0 amide bonds. The molecule has 1 saturated carbocycles. The van der Waals surface area contributed by atoms with E-state index in [9.17, 15) is 0 Å². The van der Waals surface area contributed by atoms with Gasteiger partial charge in [0.1, 0.15) is 5.75 Å². The maximum Gasteiger partial charge on any atom is 0.119 e. The molecule has 0 radical (unpaired) electrons. The van der Waals surface area contributed by atoms with Crippen molar-refractivity contribution in [3.63, 3.8) is 0 Å². The average Bonchev–Trinajstić information content (AvgIpc) is 2.74. The van der Waals surface area contributed by atoms with Crippen molar-refractivity contribution in [3.8, 4) is 5.75 Å². The highest BCUT2D eigenvalue weighted by atomic mass is 16.5. The minimum Gasteiger partial charge on any atom is -0.494 e. The van der Waals surface area contributed by atoms with Gasteiger partial charge in [-0.1, -0.05) is 25.7 Å². The molecule has 20 heavy (non-hydrogen) atoms. The van der Waals surface area contributed by atoms with Crippen molar-refractivity contribution in [2.24, 2.45) is 0 Å². The number of benzene rings is 1. The van der Waals surface area contributed by atoms with E-state index in [2.05, 4.69) is 11.9 Å². The largest absolute Gasteiger partial charge is 0.494 e. The molecule has 0 bridgehead atoms. The number of anilines is 1. The first-order valence-electron chi connectivity index (χ1n) is 7.94. The Morgan fingerprint density at radius 1 is 1.10 bits per heavy atom. The lowest BCUT2D eigenvalue weighted by Gasteiger charge is -2.26. The van der Waals surface area contributed by atoms with Crippen LogP contribution in [0, 0.1) is 0 Å². The molecule has 3 nitrogen and oxygen atoms in total. The first-order valence-corrected chi connectivity index (χ1v) is 7.94. The van der Waals surface area contributed by atoms with Crippen molar-refractivity contribution >= 4 is 5.69 Å². The minimum atomic E-state index is 0.779. The normalized spacial score (nSPS) is 17.1.